The van der Waals surface area contributed by atoms with E-state index in [4.69, 9.17) is 16.3 Å². The number of ether oxygens (including phenoxy) is 1. The molecule has 1 atom stereocenters. The summed E-state index contributed by atoms with van der Waals surface area (Å²) in [6.07, 6.45) is 11.5. The largest absolute Gasteiger partial charge is 0.489 e. The van der Waals surface area contributed by atoms with Crippen LogP contribution in [0.5, 0.6) is 5.75 Å². The zero-order valence-corrected chi connectivity index (χ0v) is 18.4. The van der Waals surface area contributed by atoms with Crippen LogP contribution in [0, 0.1) is 11.3 Å². The molecule has 29 heavy (non-hydrogen) atoms. The van der Waals surface area contributed by atoms with Crippen LogP contribution in [0.2, 0.25) is 5.02 Å². The Labute approximate surface area is 178 Å². The Balaban J connectivity index is 1.43. The van der Waals surface area contributed by atoms with Gasteiger partial charge in [0, 0.05) is 17.6 Å². The lowest BCUT2D eigenvalue weighted by atomic mass is 9.66. The Morgan fingerprint density at radius 2 is 2.00 bits per heavy atom. The van der Waals surface area contributed by atoms with Crippen molar-refractivity contribution in [2.24, 2.45) is 11.3 Å². The zero-order valence-electron chi connectivity index (χ0n) is 17.6. The van der Waals surface area contributed by atoms with E-state index in [0.717, 1.165) is 24.1 Å². The van der Waals surface area contributed by atoms with Gasteiger partial charge in [-0.3, -0.25) is 4.79 Å². The minimum absolute atomic E-state index is 0.120. The summed E-state index contributed by atoms with van der Waals surface area (Å²) in [5, 5.41) is 5.88. The molecule has 2 N–H and O–H groups in total. The second-order valence-electron chi connectivity index (χ2n) is 9.02. The highest BCUT2D eigenvalue weighted by molar-refractivity contribution is 6.32. The van der Waals surface area contributed by atoms with Gasteiger partial charge in [0.25, 0.3) is 5.56 Å². The molecule has 5 heteroatoms. The molecule has 0 aliphatic heterocycles. The summed E-state index contributed by atoms with van der Waals surface area (Å²) < 4.78 is 6.33. The number of hydrogen-bond donors (Lipinski definition) is 2. The normalized spacial score (nSPS) is 25.8. The van der Waals surface area contributed by atoms with Crippen molar-refractivity contribution in [1.29, 1.82) is 0 Å². The van der Waals surface area contributed by atoms with Crippen molar-refractivity contribution in [1.82, 2.24) is 10.3 Å². The van der Waals surface area contributed by atoms with E-state index in [1.54, 1.807) is 12.3 Å². The zero-order chi connectivity index (χ0) is 20.4. The summed E-state index contributed by atoms with van der Waals surface area (Å²) in [6.45, 7) is 5.85. The first-order chi connectivity index (χ1) is 14.0. The van der Waals surface area contributed by atoms with Crippen LogP contribution < -0.4 is 15.6 Å². The van der Waals surface area contributed by atoms with Gasteiger partial charge in [-0.25, -0.2) is 0 Å². The van der Waals surface area contributed by atoms with Crippen molar-refractivity contribution in [2.75, 3.05) is 6.54 Å². The van der Waals surface area contributed by atoms with Crippen LogP contribution in [0.3, 0.4) is 0 Å². The molecule has 0 saturated heterocycles. The lowest BCUT2D eigenvalue weighted by Crippen LogP contribution is -2.48. The minimum atomic E-state index is -0.120. The Kier molecular flexibility index (Phi) is 6.21. The smallest absolute Gasteiger partial charge is 0.255 e. The highest BCUT2D eigenvalue weighted by atomic mass is 35.5. The first kappa shape index (κ1) is 20.7. The molecular weight excluding hydrogens is 384 g/mol. The molecule has 4 nitrogen and oxygen atoms in total. The van der Waals surface area contributed by atoms with Crippen molar-refractivity contribution < 1.29 is 4.74 Å². The van der Waals surface area contributed by atoms with Gasteiger partial charge in [0.1, 0.15) is 5.75 Å². The molecule has 1 heterocycles. The lowest BCUT2D eigenvalue weighted by molar-refractivity contribution is 0.0459. The van der Waals surface area contributed by atoms with E-state index in [1.165, 1.54) is 45.1 Å². The van der Waals surface area contributed by atoms with Gasteiger partial charge in [-0.1, -0.05) is 25.4 Å². The summed E-state index contributed by atoms with van der Waals surface area (Å²) in [5.74, 6) is 1.61. The van der Waals surface area contributed by atoms with Gasteiger partial charge in [0.05, 0.1) is 11.1 Å². The fourth-order valence-corrected chi connectivity index (χ4v) is 5.32. The SMILES string of the molecule is CCC(NCC1CC1)[C@]1(CC)CC[C@H](Oc2cc3cc[nH]c(=O)c3cc2Cl)CC1. The first-order valence-electron chi connectivity index (χ1n) is 11.3. The summed E-state index contributed by atoms with van der Waals surface area (Å²) in [5.41, 5.74) is 0.259. The molecule has 1 aromatic carbocycles. The summed E-state index contributed by atoms with van der Waals surface area (Å²) in [7, 11) is 0. The van der Waals surface area contributed by atoms with Crippen molar-refractivity contribution in [2.45, 2.75) is 77.4 Å². The highest BCUT2D eigenvalue weighted by Crippen LogP contribution is 2.45. The molecule has 2 aromatic rings. The quantitative estimate of drug-likeness (QED) is 0.582. The maximum absolute atomic E-state index is 12.0. The van der Waals surface area contributed by atoms with Crippen LogP contribution in [-0.2, 0) is 0 Å². The molecule has 2 aliphatic rings. The van der Waals surface area contributed by atoms with E-state index >= 15 is 0 Å². The first-order valence-corrected chi connectivity index (χ1v) is 11.6. The standard InChI is InChI=1S/C24H33ClN2O2/c1-3-22(27-15-16-5-6-16)24(4-2)10-7-18(8-11-24)29-21-13-17-9-12-26-23(28)19(17)14-20(21)25/h9,12-14,16,18,22,27H,3-8,10-11,15H2,1-2H3,(H,26,28)/t18-,22?,24+. The number of pyridine rings is 1. The predicted molar refractivity (Wildman–Crippen MR) is 120 cm³/mol. The van der Waals surface area contributed by atoms with E-state index in [9.17, 15) is 4.79 Å². The summed E-state index contributed by atoms with van der Waals surface area (Å²) in [6, 6.07) is 6.12. The van der Waals surface area contributed by atoms with Crippen LogP contribution in [0.15, 0.2) is 29.2 Å². The molecule has 0 radical (unpaired) electrons. The maximum atomic E-state index is 12.0. The third-order valence-corrected chi connectivity index (χ3v) is 7.54. The number of H-pyrrole nitrogens is 1. The Hall–Kier alpha value is -1.52. The van der Waals surface area contributed by atoms with Gasteiger partial charge in [-0.05, 0) is 92.8 Å². The van der Waals surface area contributed by atoms with Crippen molar-refractivity contribution in [3.05, 3.63) is 39.8 Å². The van der Waals surface area contributed by atoms with Gasteiger partial charge in [-0.2, -0.15) is 0 Å². The Morgan fingerprint density at radius 1 is 1.24 bits per heavy atom. The third kappa shape index (κ3) is 4.49. The number of rotatable bonds is 8. The average molecular weight is 417 g/mol. The molecule has 1 unspecified atom stereocenters. The number of nitrogens with one attached hydrogen (secondary N) is 2. The number of benzene rings is 1. The molecule has 4 rings (SSSR count). The van der Waals surface area contributed by atoms with E-state index in [2.05, 4.69) is 24.1 Å². The molecule has 1 aromatic heterocycles. The fraction of sp³-hybridized carbons (Fsp3) is 0.625. The summed E-state index contributed by atoms with van der Waals surface area (Å²) >= 11 is 6.44. The van der Waals surface area contributed by atoms with Crippen LogP contribution >= 0.6 is 11.6 Å². The van der Waals surface area contributed by atoms with E-state index in [1.807, 2.05) is 12.1 Å². The van der Waals surface area contributed by atoms with Gasteiger partial charge in [0.2, 0.25) is 0 Å². The molecular formula is C24H33ClN2O2. The molecule has 2 aliphatic carbocycles. The Bertz CT molecular complexity index is 897. The monoisotopic (exact) mass is 416 g/mol. The molecule has 158 valence electrons. The van der Waals surface area contributed by atoms with Gasteiger partial charge in [-0.15, -0.1) is 0 Å². The minimum Gasteiger partial charge on any atom is -0.489 e. The Morgan fingerprint density at radius 3 is 2.66 bits per heavy atom. The van der Waals surface area contributed by atoms with Crippen molar-refractivity contribution in [3.63, 3.8) is 0 Å². The van der Waals surface area contributed by atoms with Gasteiger partial charge in [0.15, 0.2) is 0 Å². The van der Waals surface area contributed by atoms with Crippen LogP contribution in [0.25, 0.3) is 10.8 Å². The summed E-state index contributed by atoms with van der Waals surface area (Å²) in [4.78, 5) is 14.7. The molecule has 0 spiro atoms. The van der Waals surface area contributed by atoms with Crippen LogP contribution in [0.4, 0.5) is 0 Å². The number of fused-ring (bicyclic) bond motifs is 1. The average Bonchev–Trinajstić information content (AvgIpc) is 3.55. The van der Waals surface area contributed by atoms with Crippen molar-refractivity contribution in [3.8, 4) is 5.75 Å². The van der Waals surface area contributed by atoms with Crippen LogP contribution in [-0.4, -0.2) is 23.7 Å². The number of hydrogen-bond acceptors (Lipinski definition) is 3. The van der Waals surface area contributed by atoms with Crippen molar-refractivity contribution >= 4 is 22.4 Å². The molecule has 0 bridgehead atoms. The second kappa shape index (κ2) is 8.69. The number of aromatic nitrogens is 1. The lowest BCUT2D eigenvalue weighted by Gasteiger charge is -2.45. The maximum Gasteiger partial charge on any atom is 0.255 e. The van der Waals surface area contributed by atoms with Gasteiger partial charge < -0.3 is 15.0 Å². The van der Waals surface area contributed by atoms with E-state index < -0.39 is 0 Å². The third-order valence-electron chi connectivity index (χ3n) is 7.25. The molecule has 0 amide bonds. The van der Waals surface area contributed by atoms with Gasteiger partial charge >= 0.3 is 0 Å². The second-order valence-corrected chi connectivity index (χ2v) is 9.43. The van der Waals surface area contributed by atoms with E-state index in [-0.39, 0.29) is 11.7 Å². The predicted octanol–water partition coefficient (Wildman–Crippen LogP) is 5.68. The number of aromatic amines is 1. The topological polar surface area (TPSA) is 54.1 Å². The van der Waals surface area contributed by atoms with E-state index in [0.29, 0.717) is 27.6 Å². The van der Waals surface area contributed by atoms with Crippen LogP contribution in [0.1, 0.15) is 65.2 Å². The molecule has 2 fully saturated rings. The molecule has 2 saturated carbocycles. The fourth-order valence-electron chi connectivity index (χ4n) is 5.12. The highest BCUT2D eigenvalue weighted by Gasteiger charge is 2.40. The number of halogens is 1.